The SMILES string of the molecule is Cc1c[nH]c2c1C=C(N)CC2=O. The molecule has 1 aliphatic rings. The van der Waals surface area contributed by atoms with E-state index in [0.29, 0.717) is 17.8 Å². The zero-order valence-corrected chi connectivity index (χ0v) is 6.85. The van der Waals surface area contributed by atoms with E-state index >= 15 is 0 Å². The first kappa shape index (κ1) is 7.16. The zero-order chi connectivity index (χ0) is 8.72. The van der Waals surface area contributed by atoms with Crippen LogP contribution in [0.1, 0.15) is 28.0 Å². The Bertz CT molecular complexity index is 374. The standard InChI is InChI=1S/C9H10N2O/c1-5-4-11-9-7(5)2-6(10)3-8(9)12/h2,4,11H,3,10H2,1H3. The molecular formula is C9H10N2O. The second-order valence-corrected chi connectivity index (χ2v) is 3.08. The van der Waals surface area contributed by atoms with E-state index < -0.39 is 0 Å². The van der Waals surface area contributed by atoms with E-state index in [2.05, 4.69) is 4.98 Å². The van der Waals surface area contributed by atoms with Gasteiger partial charge in [-0.1, -0.05) is 0 Å². The molecule has 0 amide bonds. The summed E-state index contributed by atoms with van der Waals surface area (Å²) >= 11 is 0. The van der Waals surface area contributed by atoms with Crippen molar-refractivity contribution < 1.29 is 4.79 Å². The van der Waals surface area contributed by atoms with Gasteiger partial charge in [-0.15, -0.1) is 0 Å². The normalized spacial score (nSPS) is 15.8. The molecule has 12 heavy (non-hydrogen) atoms. The summed E-state index contributed by atoms with van der Waals surface area (Å²) in [5.41, 5.74) is 8.96. The number of aryl methyl sites for hydroxylation is 1. The number of carbonyl (C=O) groups excluding carboxylic acids is 1. The molecule has 1 aromatic heterocycles. The first-order valence-electron chi connectivity index (χ1n) is 3.85. The van der Waals surface area contributed by atoms with Gasteiger partial charge in [0.25, 0.3) is 0 Å². The molecule has 0 saturated carbocycles. The average Bonchev–Trinajstić information content (AvgIpc) is 2.33. The van der Waals surface area contributed by atoms with E-state index in [1.807, 2.05) is 19.2 Å². The maximum atomic E-state index is 11.4. The molecule has 3 heteroatoms. The van der Waals surface area contributed by atoms with Crippen LogP contribution in [0.4, 0.5) is 0 Å². The number of hydrogen-bond acceptors (Lipinski definition) is 2. The van der Waals surface area contributed by atoms with Crippen LogP contribution in [0.2, 0.25) is 0 Å². The van der Waals surface area contributed by atoms with Gasteiger partial charge in [-0.05, 0) is 18.6 Å². The number of rotatable bonds is 0. The molecule has 2 rings (SSSR count). The zero-order valence-electron chi connectivity index (χ0n) is 6.85. The third-order valence-corrected chi connectivity index (χ3v) is 2.10. The highest BCUT2D eigenvalue weighted by Crippen LogP contribution is 2.23. The molecular weight excluding hydrogens is 152 g/mol. The Morgan fingerprint density at radius 3 is 3.08 bits per heavy atom. The molecule has 0 aromatic carbocycles. The van der Waals surface area contributed by atoms with Gasteiger partial charge in [-0.25, -0.2) is 0 Å². The maximum absolute atomic E-state index is 11.4. The van der Waals surface area contributed by atoms with Gasteiger partial charge < -0.3 is 10.7 Å². The summed E-state index contributed by atoms with van der Waals surface area (Å²) in [5.74, 6) is 0.0816. The molecule has 0 aliphatic heterocycles. The van der Waals surface area contributed by atoms with Crippen molar-refractivity contribution in [3.8, 4) is 0 Å². The number of H-pyrrole nitrogens is 1. The summed E-state index contributed by atoms with van der Waals surface area (Å²) < 4.78 is 0. The summed E-state index contributed by atoms with van der Waals surface area (Å²) in [5, 5.41) is 0. The maximum Gasteiger partial charge on any atom is 0.185 e. The number of aromatic amines is 1. The molecule has 1 heterocycles. The monoisotopic (exact) mass is 162 g/mol. The fourth-order valence-corrected chi connectivity index (χ4v) is 1.46. The van der Waals surface area contributed by atoms with Crippen molar-refractivity contribution in [1.82, 2.24) is 4.98 Å². The Balaban J connectivity index is 2.65. The Morgan fingerprint density at radius 1 is 1.58 bits per heavy atom. The largest absolute Gasteiger partial charge is 0.402 e. The molecule has 0 fully saturated rings. The fourth-order valence-electron chi connectivity index (χ4n) is 1.46. The van der Waals surface area contributed by atoms with E-state index in [1.54, 1.807) is 0 Å². The summed E-state index contributed by atoms with van der Waals surface area (Å²) in [6.45, 7) is 1.96. The number of hydrogen-bond donors (Lipinski definition) is 2. The highest BCUT2D eigenvalue weighted by molar-refractivity contribution is 6.02. The van der Waals surface area contributed by atoms with E-state index in [4.69, 9.17) is 5.73 Å². The first-order valence-corrected chi connectivity index (χ1v) is 3.85. The van der Waals surface area contributed by atoms with Crippen molar-refractivity contribution in [2.24, 2.45) is 5.73 Å². The van der Waals surface area contributed by atoms with Crippen LogP contribution in [-0.4, -0.2) is 10.8 Å². The number of fused-ring (bicyclic) bond motifs is 1. The van der Waals surface area contributed by atoms with Crippen molar-refractivity contribution in [1.29, 1.82) is 0 Å². The van der Waals surface area contributed by atoms with Gasteiger partial charge in [0.1, 0.15) is 0 Å². The number of ketones is 1. The van der Waals surface area contributed by atoms with Crippen LogP contribution in [0, 0.1) is 6.92 Å². The number of carbonyl (C=O) groups is 1. The second kappa shape index (κ2) is 2.24. The Kier molecular flexibility index (Phi) is 1.33. The molecule has 0 unspecified atom stereocenters. The topological polar surface area (TPSA) is 58.9 Å². The van der Waals surface area contributed by atoms with Gasteiger partial charge >= 0.3 is 0 Å². The van der Waals surface area contributed by atoms with E-state index in [0.717, 1.165) is 11.1 Å². The quantitative estimate of drug-likeness (QED) is 0.602. The number of allylic oxidation sites excluding steroid dienone is 1. The van der Waals surface area contributed by atoms with Crippen LogP contribution < -0.4 is 5.73 Å². The lowest BCUT2D eigenvalue weighted by molar-refractivity contribution is 0.0987. The van der Waals surface area contributed by atoms with Gasteiger partial charge in [0.05, 0.1) is 12.1 Å². The van der Waals surface area contributed by atoms with Crippen LogP contribution >= 0.6 is 0 Å². The fraction of sp³-hybridized carbons (Fsp3) is 0.222. The van der Waals surface area contributed by atoms with Crippen molar-refractivity contribution in [2.75, 3.05) is 0 Å². The van der Waals surface area contributed by atoms with Gasteiger partial charge in [0.15, 0.2) is 5.78 Å². The Labute approximate surface area is 70.3 Å². The second-order valence-electron chi connectivity index (χ2n) is 3.08. The van der Waals surface area contributed by atoms with Crippen molar-refractivity contribution in [3.05, 3.63) is 28.7 Å². The molecule has 3 N–H and O–H groups in total. The predicted octanol–water partition coefficient (Wildman–Crippen LogP) is 1.21. The number of nitrogens with two attached hydrogens (primary N) is 1. The lowest BCUT2D eigenvalue weighted by Crippen LogP contribution is -2.12. The van der Waals surface area contributed by atoms with Crippen molar-refractivity contribution >= 4 is 11.9 Å². The number of aromatic nitrogens is 1. The minimum Gasteiger partial charge on any atom is -0.402 e. The molecule has 0 spiro atoms. The molecule has 0 saturated heterocycles. The Morgan fingerprint density at radius 2 is 2.33 bits per heavy atom. The van der Waals surface area contributed by atoms with E-state index in [-0.39, 0.29) is 5.78 Å². The van der Waals surface area contributed by atoms with Crippen molar-refractivity contribution in [3.63, 3.8) is 0 Å². The third kappa shape index (κ3) is 0.863. The number of Topliss-reactive ketones (excluding diaryl/α,β-unsaturated/α-hetero) is 1. The van der Waals surface area contributed by atoms with Gasteiger partial charge in [0.2, 0.25) is 0 Å². The lowest BCUT2D eigenvalue weighted by Gasteiger charge is -2.08. The highest BCUT2D eigenvalue weighted by atomic mass is 16.1. The van der Waals surface area contributed by atoms with Crippen LogP contribution in [-0.2, 0) is 0 Å². The van der Waals surface area contributed by atoms with E-state index in [1.165, 1.54) is 0 Å². The lowest BCUT2D eigenvalue weighted by atomic mass is 9.99. The summed E-state index contributed by atoms with van der Waals surface area (Å²) in [7, 11) is 0. The highest BCUT2D eigenvalue weighted by Gasteiger charge is 2.19. The smallest absolute Gasteiger partial charge is 0.185 e. The van der Waals surface area contributed by atoms with Gasteiger partial charge in [0, 0.05) is 17.5 Å². The van der Waals surface area contributed by atoms with Gasteiger partial charge in [-0.2, -0.15) is 0 Å². The minimum atomic E-state index is 0.0816. The first-order chi connectivity index (χ1) is 5.68. The Hall–Kier alpha value is -1.51. The van der Waals surface area contributed by atoms with E-state index in [9.17, 15) is 4.79 Å². The summed E-state index contributed by atoms with van der Waals surface area (Å²) in [4.78, 5) is 14.3. The minimum absolute atomic E-state index is 0.0816. The molecule has 1 aliphatic carbocycles. The average molecular weight is 162 g/mol. The third-order valence-electron chi connectivity index (χ3n) is 2.10. The number of nitrogens with one attached hydrogen (secondary N) is 1. The molecule has 0 atom stereocenters. The molecule has 0 bridgehead atoms. The molecule has 1 aromatic rings. The summed E-state index contributed by atoms with van der Waals surface area (Å²) in [6, 6.07) is 0. The van der Waals surface area contributed by atoms with Crippen LogP contribution in [0.3, 0.4) is 0 Å². The predicted molar refractivity (Wildman–Crippen MR) is 46.6 cm³/mol. The van der Waals surface area contributed by atoms with Crippen LogP contribution in [0.25, 0.3) is 6.08 Å². The summed E-state index contributed by atoms with van der Waals surface area (Å²) in [6.07, 6.45) is 4.03. The molecule has 62 valence electrons. The van der Waals surface area contributed by atoms with Crippen LogP contribution in [0.15, 0.2) is 11.9 Å². The van der Waals surface area contributed by atoms with Crippen LogP contribution in [0.5, 0.6) is 0 Å². The molecule has 0 radical (unpaired) electrons. The molecule has 3 nitrogen and oxygen atoms in total. The van der Waals surface area contributed by atoms with Gasteiger partial charge in [-0.3, -0.25) is 4.79 Å². The van der Waals surface area contributed by atoms with Crippen molar-refractivity contribution in [2.45, 2.75) is 13.3 Å².